The Hall–Kier alpha value is -2.08. The maximum Gasteiger partial charge on any atom is 0.0196 e. The van der Waals surface area contributed by atoms with Crippen LogP contribution in [0.25, 0.3) is 11.1 Å². The third-order valence-electron chi connectivity index (χ3n) is 10.5. The lowest BCUT2D eigenvalue weighted by atomic mass is 9.65. The molecule has 3 aliphatic carbocycles. The highest BCUT2D eigenvalue weighted by Gasteiger charge is 2.53. The number of allylic oxidation sites excluding steroid dienone is 4. The summed E-state index contributed by atoms with van der Waals surface area (Å²) < 4.78 is 0. The van der Waals surface area contributed by atoms with Crippen LogP contribution in [0.5, 0.6) is 0 Å². The van der Waals surface area contributed by atoms with Crippen molar-refractivity contribution in [3.05, 3.63) is 80.4 Å². The molecule has 0 spiro atoms. The SMILES string of the molecule is Cc1cc2c(cc1C(C)(C)C)-c1cc(C(C)(C)C)c(C)cc1C2C1(C)CC(C(C)C)C2=C1C=C(C(C)(C)C)C2. The molecule has 0 fully saturated rings. The van der Waals surface area contributed by atoms with Crippen LogP contribution in [-0.2, 0) is 10.8 Å². The van der Waals surface area contributed by atoms with E-state index in [1.54, 1.807) is 27.8 Å². The minimum absolute atomic E-state index is 0.0998. The van der Waals surface area contributed by atoms with Crippen LogP contribution in [-0.4, -0.2) is 0 Å². The number of rotatable bonds is 2. The Labute approximate surface area is 240 Å². The first-order valence-electron chi connectivity index (χ1n) is 15.5. The van der Waals surface area contributed by atoms with Crippen molar-refractivity contribution < 1.29 is 0 Å². The van der Waals surface area contributed by atoms with Crippen molar-refractivity contribution in [1.29, 1.82) is 0 Å². The summed E-state index contributed by atoms with van der Waals surface area (Å²) in [6, 6.07) is 10.3. The number of benzene rings is 2. The molecule has 3 aliphatic rings. The summed E-state index contributed by atoms with van der Waals surface area (Å²) >= 11 is 0. The van der Waals surface area contributed by atoms with Gasteiger partial charge in [0, 0.05) is 11.3 Å². The van der Waals surface area contributed by atoms with Gasteiger partial charge in [0.1, 0.15) is 0 Å². The predicted octanol–water partition coefficient (Wildman–Crippen LogP) is 11.4. The normalized spacial score (nSPS) is 23.5. The smallest absolute Gasteiger partial charge is 0.0196 e. The highest BCUT2D eigenvalue weighted by atomic mass is 14.6. The predicted molar refractivity (Wildman–Crippen MR) is 171 cm³/mol. The van der Waals surface area contributed by atoms with E-state index in [1.165, 1.54) is 46.2 Å². The summed E-state index contributed by atoms with van der Waals surface area (Å²) in [7, 11) is 0. The van der Waals surface area contributed by atoms with Crippen molar-refractivity contribution >= 4 is 0 Å². The lowest BCUT2D eigenvalue weighted by molar-refractivity contribution is 0.282. The van der Waals surface area contributed by atoms with Crippen LogP contribution >= 0.6 is 0 Å². The van der Waals surface area contributed by atoms with Gasteiger partial charge < -0.3 is 0 Å². The van der Waals surface area contributed by atoms with E-state index in [4.69, 9.17) is 0 Å². The Kier molecular flexibility index (Phi) is 6.35. The van der Waals surface area contributed by atoms with Gasteiger partial charge in [0.05, 0.1) is 0 Å². The molecule has 5 rings (SSSR count). The second-order valence-electron chi connectivity index (χ2n) is 16.9. The molecule has 0 N–H and O–H groups in total. The molecule has 2 aromatic rings. The minimum atomic E-state index is 0.0998. The molecule has 0 heterocycles. The van der Waals surface area contributed by atoms with E-state index in [0.29, 0.717) is 17.8 Å². The fraction of sp³-hybridized carbons (Fsp3) is 0.590. The Morgan fingerprint density at radius 3 is 1.56 bits per heavy atom. The van der Waals surface area contributed by atoms with Gasteiger partial charge >= 0.3 is 0 Å². The Bertz CT molecular complexity index is 1330. The number of aryl methyl sites for hydroxylation is 2. The Morgan fingerprint density at radius 1 is 0.718 bits per heavy atom. The molecule has 210 valence electrons. The van der Waals surface area contributed by atoms with Crippen LogP contribution in [0.2, 0.25) is 0 Å². The van der Waals surface area contributed by atoms with E-state index in [1.807, 2.05) is 0 Å². The third-order valence-corrected chi connectivity index (χ3v) is 10.5. The largest absolute Gasteiger partial charge is 0.0622 e. The van der Waals surface area contributed by atoms with Crippen molar-refractivity contribution in [2.24, 2.45) is 22.7 Å². The molecule has 0 aromatic heterocycles. The minimum Gasteiger partial charge on any atom is -0.0622 e. The van der Waals surface area contributed by atoms with Crippen LogP contribution in [0, 0.1) is 36.5 Å². The molecule has 39 heavy (non-hydrogen) atoms. The number of fused-ring (bicyclic) bond motifs is 3. The zero-order valence-electron chi connectivity index (χ0n) is 27.5. The lowest BCUT2D eigenvalue weighted by Crippen LogP contribution is -2.27. The fourth-order valence-electron chi connectivity index (χ4n) is 8.44. The first-order valence-corrected chi connectivity index (χ1v) is 15.5. The molecule has 0 amide bonds. The van der Waals surface area contributed by atoms with Crippen molar-refractivity contribution in [3.8, 4) is 11.1 Å². The summed E-state index contributed by atoms with van der Waals surface area (Å²) in [6.07, 6.45) is 5.09. The van der Waals surface area contributed by atoms with Gasteiger partial charge in [0.15, 0.2) is 0 Å². The van der Waals surface area contributed by atoms with Gasteiger partial charge in [-0.05, 0) is 105 Å². The summed E-state index contributed by atoms with van der Waals surface area (Å²) in [5, 5.41) is 0. The fourth-order valence-corrected chi connectivity index (χ4v) is 8.44. The topological polar surface area (TPSA) is 0 Å². The van der Waals surface area contributed by atoms with E-state index in [-0.39, 0.29) is 21.7 Å². The second-order valence-corrected chi connectivity index (χ2v) is 16.9. The average molecular weight is 523 g/mol. The van der Waals surface area contributed by atoms with Gasteiger partial charge in [0.25, 0.3) is 0 Å². The molecular weight excluding hydrogens is 468 g/mol. The van der Waals surface area contributed by atoms with Gasteiger partial charge in [-0.2, -0.15) is 0 Å². The molecule has 0 aliphatic heterocycles. The number of hydrogen-bond donors (Lipinski definition) is 0. The molecule has 0 saturated carbocycles. The monoisotopic (exact) mass is 522 g/mol. The van der Waals surface area contributed by atoms with Gasteiger partial charge in [-0.3, -0.25) is 0 Å². The quantitative estimate of drug-likeness (QED) is 0.368. The van der Waals surface area contributed by atoms with Crippen molar-refractivity contribution in [2.45, 2.75) is 127 Å². The highest BCUT2D eigenvalue weighted by molar-refractivity contribution is 5.82. The molecule has 0 bridgehead atoms. The molecule has 0 nitrogen and oxygen atoms in total. The first kappa shape index (κ1) is 28.4. The van der Waals surface area contributed by atoms with Gasteiger partial charge in [0.2, 0.25) is 0 Å². The highest BCUT2D eigenvalue weighted by Crippen LogP contribution is 2.66. The molecule has 0 radical (unpaired) electrons. The van der Waals surface area contributed by atoms with Crippen molar-refractivity contribution in [2.75, 3.05) is 0 Å². The lowest BCUT2D eigenvalue weighted by Gasteiger charge is -2.37. The summed E-state index contributed by atoms with van der Waals surface area (Å²) in [5.41, 5.74) is 17.6. The Morgan fingerprint density at radius 2 is 1.18 bits per heavy atom. The van der Waals surface area contributed by atoms with Crippen molar-refractivity contribution in [1.82, 2.24) is 0 Å². The van der Waals surface area contributed by atoms with Crippen molar-refractivity contribution in [3.63, 3.8) is 0 Å². The summed E-state index contributed by atoms with van der Waals surface area (Å²) in [4.78, 5) is 0. The summed E-state index contributed by atoms with van der Waals surface area (Å²) in [5.74, 6) is 1.73. The van der Waals surface area contributed by atoms with Gasteiger partial charge in [-0.15, -0.1) is 0 Å². The van der Waals surface area contributed by atoms with Crippen LogP contribution in [0.1, 0.15) is 135 Å². The second kappa shape index (κ2) is 8.71. The van der Waals surface area contributed by atoms with Gasteiger partial charge in [-0.25, -0.2) is 0 Å². The van der Waals surface area contributed by atoms with Gasteiger partial charge in [-0.1, -0.05) is 125 Å². The van der Waals surface area contributed by atoms with Crippen LogP contribution in [0.15, 0.2) is 47.1 Å². The molecule has 0 heteroatoms. The zero-order chi connectivity index (χ0) is 29.0. The van der Waals surface area contributed by atoms with E-state index in [0.717, 1.165) is 0 Å². The third kappa shape index (κ3) is 4.40. The molecule has 0 saturated heterocycles. The number of hydrogen-bond acceptors (Lipinski definition) is 0. The molecular formula is C39H54. The van der Waals surface area contributed by atoms with Crippen LogP contribution in [0.4, 0.5) is 0 Å². The maximum atomic E-state index is 2.65. The molecule has 2 unspecified atom stereocenters. The van der Waals surface area contributed by atoms with Crippen LogP contribution < -0.4 is 0 Å². The molecule has 2 aromatic carbocycles. The molecule has 2 atom stereocenters. The van der Waals surface area contributed by atoms with Crippen LogP contribution in [0.3, 0.4) is 0 Å². The maximum absolute atomic E-state index is 2.65. The first-order chi connectivity index (χ1) is 17.7. The summed E-state index contributed by atoms with van der Waals surface area (Å²) in [6.45, 7) is 33.6. The van der Waals surface area contributed by atoms with E-state index in [2.05, 4.69) is 127 Å². The standard InChI is InChI=1S/C39H54/c1-22(2)31-21-39(14,34-18-25(17-28(31)34)36(5,6)7)35-29-15-23(3)32(37(8,9)10)19-26(29)27-20-33(38(11,12)13)24(4)16-30(27)35/h15-16,18-20,22,31,35H,17,21H2,1-14H3. The van der Waals surface area contributed by atoms with E-state index >= 15 is 0 Å². The van der Waals surface area contributed by atoms with E-state index in [9.17, 15) is 0 Å². The average Bonchev–Trinajstić information content (AvgIpc) is 3.41. The zero-order valence-corrected chi connectivity index (χ0v) is 27.5. The Balaban J connectivity index is 1.80. The van der Waals surface area contributed by atoms with E-state index < -0.39 is 0 Å².